The molecule has 0 radical (unpaired) electrons. The predicted molar refractivity (Wildman–Crippen MR) is 106 cm³/mol. The number of likely N-dealkylation sites (tertiary alicyclic amines) is 1. The number of carbonyl (C=O) groups excluding carboxylic acids is 1. The number of carbonyl (C=O) groups is 1. The second-order valence-corrected chi connectivity index (χ2v) is 7.34. The predicted octanol–water partition coefficient (Wildman–Crippen LogP) is 2.93. The van der Waals surface area contributed by atoms with Crippen LogP contribution in [0.1, 0.15) is 19.3 Å². The maximum Gasteiger partial charge on any atom is 0.240 e. The zero-order chi connectivity index (χ0) is 18.5. The number of hydrogen-bond acceptors (Lipinski definition) is 4. The largest absolute Gasteiger partial charge is 0.492 e. The summed E-state index contributed by atoms with van der Waals surface area (Å²) in [4.78, 5) is 17.2. The van der Waals surface area contributed by atoms with Gasteiger partial charge in [-0.25, -0.2) is 0 Å². The molecule has 0 N–H and O–H groups in total. The third-order valence-corrected chi connectivity index (χ3v) is 5.59. The number of fused-ring (bicyclic) bond motifs is 1. The Morgan fingerprint density at radius 2 is 1.85 bits per heavy atom. The second kappa shape index (κ2) is 8.72. The van der Waals surface area contributed by atoms with Crippen molar-refractivity contribution in [2.45, 2.75) is 25.3 Å². The van der Waals surface area contributed by atoms with Crippen LogP contribution < -0.4 is 4.74 Å². The van der Waals surface area contributed by atoms with Gasteiger partial charge in [-0.1, -0.05) is 36.8 Å². The molecule has 5 nitrogen and oxygen atoms in total. The Balaban J connectivity index is 1.34. The van der Waals surface area contributed by atoms with Gasteiger partial charge in [0.1, 0.15) is 12.4 Å². The molecular weight excluding hydrogens is 340 g/mol. The maximum absolute atomic E-state index is 12.9. The summed E-state index contributed by atoms with van der Waals surface area (Å²) in [5.41, 5.74) is 0. The van der Waals surface area contributed by atoms with Crippen molar-refractivity contribution in [3.63, 3.8) is 0 Å². The van der Waals surface area contributed by atoms with E-state index in [4.69, 9.17) is 9.47 Å². The lowest BCUT2D eigenvalue weighted by molar-refractivity contribution is -0.142. The van der Waals surface area contributed by atoms with Crippen LogP contribution in [0.3, 0.4) is 0 Å². The van der Waals surface area contributed by atoms with E-state index in [0.717, 1.165) is 51.2 Å². The molecular formula is C22H28N2O3. The number of rotatable bonds is 5. The molecule has 0 spiro atoms. The zero-order valence-electron chi connectivity index (χ0n) is 15.8. The van der Waals surface area contributed by atoms with Crippen molar-refractivity contribution < 1.29 is 14.3 Å². The summed E-state index contributed by atoms with van der Waals surface area (Å²) >= 11 is 0. The Kier molecular flexibility index (Phi) is 5.90. The van der Waals surface area contributed by atoms with Crippen LogP contribution in [0.5, 0.6) is 5.75 Å². The van der Waals surface area contributed by atoms with Gasteiger partial charge in [0.2, 0.25) is 5.91 Å². The molecule has 5 heteroatoms. The Bertz CT molecular complexity index is 773. The molecule has 2 fully saturated rings. The molecule has 1 amide bonds. The quantitative estimate of drug-likeness (QED) is 0.814. The standard InChI is InChI=1S/C22H28N2O3/c25-22(24-11-14-26-15-12-24)21-7-3-4-10-23(21)13-16-27-20-9-8-18-5-1-2-6-19(18)17-20/h1-2,5-6,8-9,17,21H,3-4,7,10-16H2. The van der Waals surface area contributed by atoms with E-state index in [1.54, 1.807) is 0 Å². The first-order valence-corrected chi connectivity index (χ1v) is 10.0. The summed E-state index contributed by atoms with van der Waals surface area (Å²) < 4.78 is 11.4. The highest BCUT2D eigenvalue weighted by atomic mass is 16.5. The molecule has 2 aliphatic rings. The Hall–Kier alpha value is -2.11. The van der Waals surface area contributed by atoms with Crippen LogP contribution in [0.15, 0.2) is 42.5 Å². The minimum Gasteiger partial charge on any atom is -0.492 e. The van der Waals surface area contributed by atoms with Gasteiger partial charge in [-0.15, -0.1) is 0 Å². The van der Waals surface area contributed by atoms with Crippen molar-refractivity contribution in [2.75, 3.05) is 46.0 Å². The van der Waals surface area contributed by atoms with Crippen molar-refractivity contribution >= 4 is 16.7 Å². The first kappa shape index (κ1) is 18.3. The zero-order valence-corrected chi connectivity index (χ0v) is 15.8. The molecule has 0 aromatic heterocycles. The monoisotopic (exact) mass is 368 g/mol. The highest BCUT2D eigenvalue weighted by Gasteiger charge is 2.32. The number of nitrogens with zero attached hydrogens (tertiary/aromatic N) is 2. The average molecular weight is 368 g/mol. The van der Waals surface area contributed by atoms with E-state index < -0.39 is 0 Å². The Morgan fingerprint density at radius 3 is 2.70 bits per heavy atom. The molecule has 2 heterocycles. The van der Waals surface area contributed by atoms with Gasteiger partial charge in [0.15, 0.2) is 0 Å². The Labute approximate surface area is 160 Å². The van der Waals surface area contributed by atoms with Crippen molar-refractivity contribution in [2.24, 2.45) is 0 Å². The molecule has 0 saturated carbocycles. The summed E-state index contributed by atoms with van der Waals surface area (Å²) in [6.45, 7) is 5.11. The van der Waals surface area contributed by atoms with Crippen molar-refractivity contribution in [3.05, 3.63) is 42.5 Å². The van der Waals surface area contributed by atoms with E-state index in [1.807, 2.05) is 23.1 Å². The van der Waals surface area contributed by atoms with Crippen LogP contribution in [0.4, 0.5) is 0 Å². The molecule has 27 heavy (non-hydrogen) atoms. The van der Waals surface area contributed by atoms with Crippen LogP contribution >= 0.6 is 0 Å². The van der Waals surface area contributed by atoms with Gasteiger partial charge in [-0.3, -0.25) is 9.69 Å². The fourth-order valence-electron chi connectivity index (χ4n) is 4.07. The van der Waals surface area contributed by atoms with E-state index in [1.165, 1.54) is 10.8 Å². The van der Waals surface area contributed by atoms with E-state index in [-0.39, 0.29) is 11.9 Å². The summed E-state index contributed by atoms with van der Waals surface area (Å²) in [6.07, 6.45) is 3.23. The van der Waals surface area contributed by atoms with E-state index in [9.17, 15) is 4.79 Å². The van der Waals surface area contributed by atoms with Gasteiger partial charge in [0.25, 0.3) is 0 Å². The van der Waals surface area contributed by atoms with Crippen LogP contribution in [-0.2, 0) is 9.53 Å². The van der Waals surface area contributed by atoms with Gasteiger partial charge in [0, 0.05) is 19.6 Å². The van der Waals surface area contributed by atoms with Crippen LogP contribution in [0, 0.1) is 0 Å². The first-order valence-electron chi connectivity index (χ1n) is 10.0. The third kappa shape index (κ3) is 4.42. The minimum atomic E-state index is -0.00273. The average Bonchev–Trinajstić information content (AvgIpc) is 2.74. The van der Waals surface area contributed by atoms with Crippen LogP contribution in [0.25, 0.3) is 10.8 Å². The van der Waals surface area contributed by atoms with Crippen molar-refractivity contribution in [1.29, 1.82) is 0 Å². The summed E-state index contributed by atoms with van der Waals surface area (Å²) in [5.74, 6) is 1.16. The van der Waals surface area contributed by atoms with E-state index in [0.29, 0.717) is 19.8 Å². The minimum absolute atomic E-state index is 0.00273. The fourth-order valence-corrected chi connectivity index (χ4v) is 4.07. The Morgan fingerprint density at radius 1 is 1.04 bits per heavy atom. The highest BCUT2D eigenvalue weighted by molar-refractivity contribution is 5.83. The van der Waals surface area contributed by atoms with Crippen LogP contribution in [-0.4, -0.2) is 67.7 Å². The molecule has 2 saturated heterocycles. The lowest BCUT2D eigenvalue weighted by Gasteiger charge is -2.38. The first-order chi connectivity index (χ1) is 13.3. The van der Waals surface area contributed by atoms with Gasteiger partial charge in [0.05, 0.1) is 19.3 Å². The van der Waals surface area contributed by atoms with Gasteiger partial charge >= 0.3 is 0 Å². The fraction of sp³-hybridized carbons (Fsp3) is 0.500. The van der Waals surface area contributed by atoms with Crippen LogP contribution in [0.2, 0.25) is 0 Å². The SMILES string of the molecule is O=C(C1CCCCN1CCOc1ccc2ccccc2c1)N1CCOCC1. The molecule has 2 aromatic carbocycles. The molecule has 1 atom stereocenters. The number of benzene rings is 2. The van der Waals surface area contributed by atoms with Gasteiger partial charge in [-0.2, -0.15) is 0 Å². The molecule has 2 aromatic rings. The molecule has 2 aliphatic heterocycles. The highest BCUT2D eigenvalue weighted by Crippen LogP contribution is 2.22. The molecule has 0 aliphatic carbocycles. The lowest BCUT2D eigenvalue weighted by atomic mass is 10.0. The normalized spacial score (nSPS) is 21.3. The number of amides is 1. The second-order valence-electron chi connectivity index (χ2n) is 7.34. The molecule has 4 rings (SSSR count). The van der Waals surface area contributed by atoms with Crippen molar-refractivity contribution in [1.82, 2.24) is 9.80 Å². The van der Waals surface area contributed by atoms with E-state index in [2.05, 4.69) is 29.2 Å². The molecule has 1 unspecified atom stereocenters. The maximum atomic E-state index is 12.9. The van der Waals surface area contributed by atoms with Crippen molar-refractivity contribution in [3.8, 4) is 5.75 Å². The molecule has 0 bridgehead atoms. The van der Waals surface area contributed by atoms with Gasteiger partial charge < -0.3 is 14.4 Å². The third-order valence-electron chi connectivity index (χ3n) is 5.59. The lowest BCUT2D eigenvalue weighted by Crippen LogP contribution is -2.54. The number of piperidine rings is 1. The summed E-state index contributed by atoms with van der Waals surface area (Å²) in [6, 6.07) is 14.5. The number of morpholine rings is 1. The topological polar surface area (TPSA) is 42.0 Å². The molecule has 144 valence electrons. The summed E-state index contributed by atoms with van der Waals surface area (Å²) in [7, 11) is 0. The number of hydrogen-bond donors (Lipinski definition) is 0. The van der Waals surface area contributed by atoms with Gasteiger partial charge in [-0.05, 0) is 42.3 Å². The smallest absolute Gasteiger partial charge is 0.240 e. The summed E-state index contributed by atoms with van der Waals surface area (Å²) in [5, 5.41) is 2.41. The van der Waals surface area contributed by atoms with E-state index >= 15 is 0 Å². The number of ether oxygens (including phenoxy) is 2.